The highest BCUT2D eigenvalue weighted by molar-refractivity contribution is 6.42. The molecule has 0 bridgehead atoms. The van der Waals surface area contributed by atoms with Crippen molar-refractivity contribution in [3.05, 3.63) is 41.9 Å². The molecule has 0 spiro atoms. The summed E-state index contributed by atoms with van der Waals surface area (Å²) in [5, 5.41) is 0. The molecule has 4 heteroatoms. The summed E-state index contributed by atoms with van der Waals surface area (Å²) in [7, 11) is -1.10. The van der Waals surface area contributed by atoms with Crippen LogP contribution < -0.4 is 0 Å². The summed E-state index contributed by atoms with van der Waals surface area (Å²) in [6.07, 6.45) is 14.1. The predicted molar refractivity (Wildman–Crippen MR) is 75.7 cm³/mol. The molecule has 1 saturated carbocycles. The molecule has 0 radical (unpaired) electrons. The van der Waals surface area contributed by atoms with E-state index < -0.39 is 7.26 Å². The van der Waals surface area contributed by atoms with Crippen molar-refractivity contribution in [3.8, 4) is 0 Å². The Balaban J connectivity index is 1.88. The van der Waals surface area contributed by atoms with E-state index in [2.05, 4.69) is 12.1 Å². The van der Waals surface area contributed by atoms with Gasteiger partial charge in [0.1, 0.15) is 6.21 Å². The number of rotatable bonds is 1. The van der Waals surface area contributed by atoms with E-state index in [0.29, 0.717) is 5.92 Å². The van der Waals surface area contributed by atoms with Crippen LogP contribution in [0.3, 0.4) is 0 Å². The Labute approximate surface area is 113 Å². The predicted octanol–water partition coefficient (Wildman–Crippen LogP) is 3.25. The van der Waals surface area contributed by atoms with E-state index in [1.165, 1.54) is 37.7 Å². The van der Waals surface area contributed by atoms with Crippen molar-refractivity contribution in [3.63, 3.8) is 0 Å². The normalized spacial score (nSPS) is 22.6. The van der Waals surface area contributed by atoms with Gasteiger partial charge in [0.05, 0.1) is 0 Å². The van der Waals surface area contributed by atoms with Crippen molar-refractivity contribution in [1.82, 2.24) is 4.48 Å². The number of aromatic nitrogens is 1. The zero-order valence-corrected chi connectivity index (χ0v) is 10.9. The van der Waals surface area contributed by atoms with Crippen LogP contribution in [-0.4, -0.2) is 22.4 Å². The molecule has 1 aliphatic carbocycles. The molecule has 19 heavy (non-hydrogen) atoms. The Morgan fingerprint density at radius 2 is 2.11 bits per heavy atom. The minimum absolute atomic E-state index is 0.587. The first-order valence-corrected chi connectivity index (χ1v) is 7.21. The topological polar surface area (TPSA) is 7.94 Å². The fourth-order valence-electron chi connectivity index (χ4n) is 3.69. The van der Waals surface area contributed by atoms with Gasteiger partial charge in [-0.1, -0.05) is 19.3 Å². The number of hydrogen-bond acceptors (Lipinski definition) is 0. The highest BCUT2D eigenvalue weighted by atomic mass is 19.1. The molecule has 0 amide bonds. The van der Waals surface area contributed by atoms with Gasteiger partial charge in [0.2, 0.25) is 0 Å². The van der Waals surface area contributed by atoms with E-state index in [0.717, 1.165) is 11.4 Å². The second-order valence-corrected chi connectivity index (χ2v) is 5.66. The lowest BCUT2D eigenvalue weighted by atomic mass is 9.79. The van der Waals surface area contributed by atoms with Crippen molar-refractivity contribution in [2.24, 2.45) is 5.92 Å². The quantitative estimate of drug-likeness (QED) is 0.680. The maximum Gasteiger partial charge on any atom is 0.845 e. The molecule has 2 nitrogen and oxygen atoms in total. The summed E-state index contributed by atoms with van der Waals surface area (Å²) in [6, 6.07) is 4.02. The van der Waals surface area contributed by atoms with Gasteiger partial charge in [-0.2, -0.15) is 0 Å². The third-order valence-electron chi connectivity index (χ3n) is 4.58. The molecule has 2 aliphatic heterocycles. The third kappa shape index (κ3) is 1.59. The van der Waals surface area contributed by atoms with Crippen LogP contribution in [0.25, 0.3) is 5.57 Å². The molecule has 0 aromatic carbocycles. The molecule has 96 valence electrons. The number of halogens is 1. The number of fused-ring (bicyclic) bond motifs is 2. The van der Waals surface area contributed by atoms with E-state index in [1.807, 2.05) is 24.6 Å². The summed E-state index contributed by atoms with van der Waals surface area (Å²) in [5.41, 5.74) is 3.50. The molecule has 3 heterocycles. The number of hydrogen-bond donors (Lipinski definition) is 0. The first kappa shape index (κ1) is 11.3. The van der Waals surface area contributed by atoms with Crippen LogP contribution >= 0.6 is 0 Å². The Bertz CT molecular complexity index is 605. The summed E-state index contributed by atoms with van der Waals surface area (Å²) in [4.78, 5) is 0. The maximum absolute atomic E-state index is 14.5. The molecule has 0 atom stereocenters. The first-order valence-electron chi connectivity index (χ1n) is 7.21. The average Bonchev–Trinajstić information content (AvgIpc) is 3.09. The second kappa shape index (κ2) is 4.22. The molecule has 4 rings (SSSR count). The van der Waals surface area contributed by atoms with Crippen LogP contribution in [-0.2, 0) is 0 Å². The Kier molecular flexibility index (Phi) is 2.50. The van der Waals surface area contributed by atoms with Crippen LogP contribution in [0.4, 0.5) is 4.32 Å². The summed E-state index contributed by atoms with van der Waals surface area (Å²) >= 11 is 0. The summed E-state index contributed by atoms with van der Waals surface area (Å²) in [6.45, 7) is 0. The lowest BCUT2D eigenvalue weighted by molar-refractivity contribution is -0.329. The summed E-state index contributed by atoms with van der Waals surface area (Å²) < 4.78 is 18.0. The van der Waals surface area contributed by atoms with Gasteiger partial charge in [0.25, 0.3) is 0 Å². The second-order valence-electron chi connectivity index (χ2n) is 5.66. The average molecular weight is 255 g/mol. The Morgan fingerprint density at radius 1 is 1.26 bits per heavy atom. The van der Waals surface area contributed by atoms with E-state index in [9.17, 15) is 4.32 Å². The van der Waals surface area contributed by atoms with Gasteiger partial charge < -0.3 is 0 Å². The van der Waals surface area contributed by atoms with E-state index in [1.54, 1.807) is 8.96 Å². The monoisotopic (exact) mass is 255 g/mol. The van der Waals surface area contributed by atoms with Crippen LogP contribution in [0.1, 0.15) is 37.8 Å². The first-order chi connectivity index (χ1) is 9.36. The van der Waals surface area contributed by atoms with E-state index in [4.69, 9.17) is 0 Å². The van der Waals surface area contributed by atoms with Crippen molar-refractivity contribution in [2.45, 2.75) is 32.1 Å². The molecular weight excluding hydrogens is 238 g/mol. The van der Waals surface area contributed by atoms with Gasteiger partial charge in [-0.15, -0.1) is 0 Å². The van der Waals surface area contributed by atoms with Crippen LogP contribution in [0.15, 0.2) is 36.2 Å². The highest BCUT2D eigenvalue weighted by Gasteiger charge is 2.47. The molecule has 1 fully saturated rings. The smallest absolute Gasteiger partial charge is 0.293 e. The standard InChI is InChI=1S/C15H17BFN2/c17-16-18-10-4-8-13(18)15(12-6-2-1-3-7-12)14-9-5-11-19(14)16/h4-5,8-12H,1-3,6-7H2/q+1. The molecule has 1 aromatic heterocycles. The minimum Gasteiger partial charge on any atom is -0.293 e. The molecular formula is C15H17BFN2+. The highest BCUT2D eigenvalue weighted by Crippen LogP contribution is 2.40. The van der Waals surface area contributed by atoms with Gasteiger partial charge in [0.15, 0.2) is 5.70 Å². The van der Waals surface area contributed by atoms with Crippen molar-refractivity contribution in [1.29, 1.82) is 0 Å². The van der Waals surface area contributed by atoms with Crippen molar-refractivity contribution in [2.75, 3.05) is 0 Å². The molecule has 0 unspecified atom stereocenters. The van der Waals surface area contributed by atoms with E-state index >= 15 is 0 Å². The zero-order chi connectivity index (χ0) is 12.8. The minimum atomic E-state index is -1.10. The molecule has 1 aromatic rings. The van der Waals surface area contributed by atoms with Crippen molar-refractivity contribution >= 4 is 19.0 Å². The fraction of sp³-hybridized carbons (Fsp3) is 0.400. The number of nitrogens with zero attached hydrogens (tertiary/aromatic N) is 2. The van der Waals surface area contributed by atoms with Crippen LogP contribution in [0.5, 0.6) is 0 Å². The molecule has 3 aliphatic rings. The lowest BCUT2D eigenvalue weighted by Crippen LogP contribution is -2.38. The van der Waals surface area contributed by atoms with Crippen molar-refractivity contribution < 1.29 is 8.80 Å². The third-order valence-corrected chi connectivity index (χ3v) is 4.58. The molecule has 0 saturated heterocycles. The Morgan fingerprint density at radius 3 is 2.95 bits per heavy atom. The maximum atomic E-state index is 14.5. The lowest BCUT2D eigenvalue weighted by Gasteiger charge is -2.27. The van der Waals surface area contributed by atoms with Gasteiger partial charge in [-0.3, -0.25) is 4.48 Å². The van der Waals surface area contributed by atoms with Gasteiger partial charge in [-0.05, 0) is 30.9 Å². The molecule has 0 N–H and O–H groups in total. The SMILES string of the molecule is FB1n2cccc2C(C2CCCCC2)=C2C=CC=[N+]12. The summed E-state index contributed by atoms with van der Waals surface area (Å²) in [5.74, 6) is 0.587. The number of allylic oxidation sites excluding steroid dienone is 3. The van der Waals surface area contributed by atoms with Gasteiger partial charge in [-0.25, -0.2) is 8.80 Å². The van der Waals surface area contributed by atoms with Crippen LogP contribution in [0.2, 0.25) is 0 Å². The Hall–Kier alpha value is -1.58. The van der Waals surface area contributed by atoms with Gasteiger partial charge in [0, 0.05) is 29.6 Å². The van der Waals surface area contributed by atoms with Crippen LogP contribution in [0, 0.1) is 5.92 Å². The van der Waals surface area contributed by atoms with E-state index in [-0.39, 0.29) is 0 Å². The van der Waals surface area contributed by atoms with Gasteiger partial charge >= 0.3 is 7.26 Å². The largest absolute Gasteiger partial charge is 0.845 e. The zero-order valence-electron chi connectivity index (χ0n) is 10.9. The fourth-order valence-corrected chi connectivity index (χ4v) is 3.69.